The van der Waals surface area contributed by atoms with Crippen LogP contribution in [0.15, 0.2) is 60.4 Å². The fourth-order valence-corrected chi connectivity index (χ4v) is 3.55. The summed E-state index contributed by atoms with van der Waals surface area (Å²) in [5.41, 5.74) is 1.82. The van der Waals surface area contributed by atoms with Gasteiger partial charge in [-0.2, -0.15) is 0 Å². The number of benzene rings is 3. The Morgan fingerprint density at radius 1 is 1.00 bits per heavy atom. The van der Waals surface area contributed by atoms with Gasteiger partial charge in [0.2, 0.25) is 5.78 Å². The van der Waals surface area contributed by atoms with Gasteiger partial charge in [-0.3, -0.25) is 4.79 Å². The summed E-state index contributed by atoms with van der Waals surface area (Å²) < 4.78 is 22.0. The van der Waals surface area contributed by atoms with Crippen molar-refractivity contribution in [3.63, 3.8) is 0 Å². The van der Waals surface area contributed by atoms with Gasteiger partial charge < -0.3 is 18.9 Å². The first-order valence-corrected chi connectivity index (χ1v) is 10.1. The van der Waals surface area contributed by atoms with Crippen molar-refractivity contribution < 1.29 is 28.5 Å². The zero-order valence-corrected chi connectivity index (χ0v) is 18.4. The van der Waals surface area contributed by atoms with Gasteiger partial charge >= 0.3 is 5.97 Å². The van der Waals surface area contributed by atoms with E-state index in [1.807, 2.05) is 0 Å². The molecule has 0 fully saturated rings. The van der Waals surface area contributed by atoms with Gasteiger partial charge in [-0.1, -0.05) is 23.7 Å². The molecule has 3 aromatic rings. The molecule has 0 amide bonds. The summed E-state index contributed by atoms with van der Waals surface area (Å²) in [6.07, 6.45) is 1.61. The summed E-state index contributed by atoms with van der Waals surface area (Å²) in [6.45, 7) is 1.72. The lowest BCUT2D eigenvalue weighted by molar-refractivity contribution is 0.0733. The summed E-state index contributed by atoms with van der Waals surface area (Å²) in [6, 6.07) is 15.0. The summed E-state index contributed by atoms with van der Waals surface area (Å²) in [4.78, 5) is 25.4. The highest BCUT2D eigenvalue weighted by atomic mass is 35.5. The molecule has 1 aliphatic heterocycles. The number of esters is 1. The molecule has 1 heterocycles. The molecule has 3 aromatic carbocycles. The molecule has 0 saturated carbocycles. The lowest BCUT2D eigenvalue weighted by atomic mass is 10.1. The summed E-state index contributed by atoms with van der Waals surface area (Å²) in [5, 5.41) is 0.293. The van der Waals surface area contributed by atoms with Crippen LogP contribution in [0.4, 0.5) is 0 Å². The molecule has 0 bridgehead atoms. The molecule has 0 saturated heterocycles. The van der Waals surface area contributed by atoms with Crippen LogP contribution in [-0.2, 0) is 0 Å². The second kappa shape index (κ2) is 8.77. The third-order valence-corrected chi connectivity index (χ3v) is 5.39. The van der Waals surface area contributed by atoms with E-state index in [1.54, 1.807) is 74.7 Å². The predicted octanol–water partition coefficient (Wildman–Crippen LogP) is 5.50. The normalized spacial score (nSPS) is 13.5. The minimum absolute atomic E-state index is 0.140. The summed E-state index contributed by atoms with van der Waals surface area (Å²) in [7, 11) is 3.10. The molecule has 1 aliphatic rings. The third-order valence-electron chi connectivity index (χ3n) is 5.06. The molecule has 0 unspecified atom stereocenters. The highest BCUT2D eigenvalue weighted by Gasteiger charge is 2.31. The Kier molecular flexibility index (Phi) is 5.88. The Labute approximate surface area is 189 Å². The van der Waals surface area contributed by atoms with Gasteiger partial charge in [0.1, 0.15) is 23.0 Å². The smallest absolute Gasteiger partial charge is 0.345 e. The van der Waals surface area contributed by atoms with Gasteiger partial charge in [0.15, 0.2) is 5.76 Å². The predicted molar refractivity (Wildman–Crippen MR) is 120 cm³/mol. The maximum atomic E-state index is 12.9. The number of hydrogen-bond acceptors (Lipinski definition) is 6. The second-order valence-corrected chi connectivity index (χ2v) is 7.39. The molecule has 4 rings (SSSR count). The minimum Gasteiger partial charge on any atom is -0.497 e. The number of allylic oxidation sites excluding steroid dienone is 1. The third kappa shape index (κ3) is 3.92. The molecule has 0 atom stereocenters. The first-order valence-electron chi connectivity index (χ1n) is 9.69. The molecule has 32 heavy (non-hydrogen) atoms. The van der Waals surface area contributed by atoms with Crippen LogP contribution < -0.4 is 18.9 Å². The monoisotopic (exact) mass is 450 g/mol. The number of fused-ring (bicyclic) bond motifs is 1. The van der Waals surface area contributed by atoms with E-state index in [9.17, 15) is 9.59 Å². The molecule has 6 nitrogen and oxygen atoms in total. The van der Waals surface area contributed by atoms with E-state index in [0.717, 1.165) is 0 Å². The molecular weight excluding hydrogens is 432 g/mol. The molecule has 0 spiro atoms. The van der Waals surface area contributed by atoms with E-state index in [4.69, 9.17) is 30.5 Å². The van der Waals surface area contributed by atoms with Crippen molar-refractivity contribution in [3.05, 3.63) is 87.6 Å². The zero-order valence-electron chi connectivity index (χ0n) is 17.6. The molecule has 0 radical (unpaired) electrons. The Hall–Kier alpha value is -3.77. The topological polar surface area (TPSA) is 71.1 Å². The molecule has 7 heteroatoms. The van der Waals surface area contributed by atoms with Crippen molar-refractivity contribution in [1.29, 1.82) is 0 Å². The average Bonchev–Trinajstić information content (AvgIpc) is 3.12. The summed E-state index contributed by atoms with van der Waals surface area (Å²) in [5.74, 6) is 1.07. The lowest BCUT2D eigenvalue weighted by Crippen LogP contribution is -2.10. The highest BCUT2D eigenvalue weighted by molar-refractivity contribution is 6.33. The fourth-order valence-electron chi connectivity index (χ4n) is 3.34. The van der Waals surface area contributed by atoms with Gasteiger partial charge in [0.05, 0.1) is 30.4 Å². The van der Waals surface area contributed by atoms with Gasteiger partial charge in [-0.25, -0.2) is 4.79 Å². The van der Waals surface area contributed by atoms with Crippen molar-refractivity contribution in [2.45, 2.75) is 6.92 Å². The van der Waals surface area contributed by atoms with Crippen LogP contribution in [-0.4, -0.2) is 26.0 Å². The SMILES string of the molecule is COc1ccc(/C=C2\Oc3c(ccc(OC(=O)c4ccccc4Cl)c3C)C2=O)c(OC)c1. The maximum Gasteiger partial charge on any atom is 0.345 e. The number of hydrogen-bond donors (Lipinski definition) is 0. The second-order valence-electron chi connectivity index (χ2n) is 6.98. The van der Waals surface area contributed by atoms with E-state index in [0.29, 0.717) is 39.0 Å². The zero-order chi connectivity index (χ0) is 22.8. The Balaban J connectivity index is 1.63. The first kappa shape index (κ1) is 21.5. The van der Waals surface area contributed by atoms with E-state index in [-0.39, 0.29) is 22.9 Å². The largest absolute Gasteiger partial charge is 0.497 e. The Bertz CT molecular complexity index is 1260. The van der Waals surface area contributed by atoms with Crippen LogP contribution >= 0.6 is 11.6 Å². The van der Waals surface area contributed by atoms with Crippen LogP contribution in [0.25, 0.3) is 6.08 Å². The quantitative estimate of drug-likeness (QED) is 0.290. The highest BCUT2D eigenvalue weighted by Crippen LogP contribution is 2.40. The molecular formula is C25H19ClO6. The number of ketones is 1. The first-order chi connectivity index (χ1) is 15.4. The maximum absolute atomic E-state index is 12.9. The van der Waals surface area contributed by atoms with E-state index >= 15 is 0 Å². The van der Waals surface area contributed by atoms with Gasteiger partial charge in [0, 0.05) is 17.2 Å². The number of carbonyl (C=O) groups is 2. The van der Waals surface area contributed by atoms with Crippen LogP contribution in [0.5, 0.6) is 23.0 Å². The van der Waals surface area contributed by atoms with E-state index < -0.39 is 5.97 Å². The summed E-state index contributed by atoms with van der Waals surface area (Å²) >= 11 is 6.08. The van der Waals surface area contributed by atoms with Gasteiger partial charge in [-0.15, -0.1) is 0 Å². The van der Waals surface area contributed by atoms with Crippen molar-refractivity contribution in [3.8, 4) is 23.0 Å². The van der Waals surface area contributed by atoms with Crippen molar-refractivity contribution in [1.82, 2.24) is 0 Å². The van der Waals surface area contributed by atoms with Gasteiger partial charge in [0.25, 0.3) is 0 Å². The van der Waals surface area contributed by atoms with E-state index in [1.165, 1.54) is 7.11 Å². The lowest BCUT2D eigenvalue weighted by Gasteiger charge is -2.11. The van der Waals surface area contributed by atoms with Crippen LogP contribution in [0.2, 0.25) is 5.02 Å². The fraction of sp³-hybridized carbons (Fsp3) is 0.120. The minimum atomic E-state index is -0.596. The van der Waals surface area contributed by atoms with E-state index in [2.05, 4.69) is 0 Å². The number of halogens is 1. The molecule has 0 N–H and O–H groups in total. The number of carbonyl (C=O) groups excluding carboxylic acids is 2. The van der Waals surface area contributed by atoms with Crippen LogP contribution in [0.3, 0.4) is 0 Å². The van der Waals surface area contributed by atoms with Gasteiger partial charge in [-0.05, 0) is 49.4 Å². The molecule has 0 aliphatic carbocycles. The van der Waals surface area contributed by atoms with Crippen molar-refractivity contribution in [2.24, 2.45) is 0 Å². The average molecular weight is 451 g/mol. The number of Topliss-reactive ketones (excluding diaryl/α,β-unsaturated/α-hetero) is 1. The molecule has 0 aromatic heterocycles. The Morgan fingerprint density at radius 2 is 1.78 bits per heavy atom. The Morgan fingerprint density at radius 3 is 2.50 bits per heavy atom. The number of ether oxygens (including phenoxy) is 4. The standard InChI is InChI=1S/C25H19ClO6/c1-14-20(32-25(28)17-6-4-5-7-19(17)26)11-10-18-23(27)22(31-24(14)18)12-15-8-9-16(29-2)13-21(15)30-3/h4-13H,1-3H3/b22-12-. The van der Waals surface area contributed by atoms with Crippen molar-refractivity contribution in [2.75, 3.05) is 14.2 Å². The number of rotatable bonds is 5. The van der Waals surface area contributed by atoms with Crippen molar-refractivity contribution >= 4 is 29.4 Å². The number of methoxy groups -OCH3 is 2. The molecule has 162 valence electrons. The van der Waals surface area contributed by atoms with Crippen LogP contribution in [0, 0.1) is 6.92 Å². The van der Waals surface area contributed by atoms with Crippen LogP contribution in [0.1, 0.15) is 31.8 Å².